The molecule has 0 aromatic carbocycles. The second kappa shape index (κ2) is 8.03. The van der Waals surface area contributed by atoms with Crippen LogP contribution in [-0.2, 0) is 19.1 Å². The predicted molar refractivity (Wildman–Crippen MR) is 61.4 cm³/mol. The number of methoxy groups -OCH3 is 1. The van der Waals surface area contributed by atoms with Crippen molar-refractivity contribution in [1.82, 2.24) is 10.6 Å². The van der Waals surface area contributed by atoms with Crippen molar-refractivity contribution >= 4 is 11.8 Å². The van der Waals surface area contributed by atoms with Gasteiger partial charge in [0.2, 0.25) is 11.8 Å². The average Bonchev–Trinajstić information content (AvgIpc) is 2.37. The molecule has 0 saturated carbocycles. The van der Waals surface area contributed by atoms with Gasteiger partial charge in [0.05, 0.1) is 13.2 Å². The quantitative estimate of drug-likeness (QED) is 0.605. The van der Waals surface area contributed by atoms with E-state index >= 15 is 0 Å². The standard InChI is InChI=1S/C11H20N2O4/c1-16-7-4-12-10(14)8-13-11(15)9-2-5-17-6-3-9/h9H,2-8H2,1H3,(H,12,14)(H,13,15). The third kappa shape index (κ3) is 5.65. The average molecular weight is 244 g/mol. The summed E-state index contributed by atoms with van der Waals surface area (Å²) in [5, 5.41) is 5.27. The fourth-order valence-corrected chi connectivity index (χ4v) is 1.63. The van der Waals surface area contributed by atoms with Crippen molar-refractivity contribution in [3.05, 3.63) is 0 Å². The minimum atomic E-state index is -0.192. The Morgan fingerprint density at radius 1 is 1.29 bits per heavy atom. The lowest BCUT2D eigenvalue weighted by atomic mass is 9.99. The molecule has 0 radical (unpaired) electrons. The number of hydrogen-bond acceptors (Lipinski definition) is 4. The predicted octanol–water partition coefficient (Wildman–Crippen LogP) is -0.708. The van der Waals surface area contributed by atoms with Crippen molar-refractivity contribution in [3.8, 4) is 0 Å². The number of rotatable bonds is 6. The molecule has 1 saturated heterocycles. The Bertz CT molecular complexity index is 252. The van der Waals surface area contributed by atoms with Crippen LogP contribution < -0.4 is 10.6 Å². The molecule has 1 heterocycles. The molecule has 2 N–H and O–H groups in total. The van der Waals surface area contributed by atoms with E-state index < -0.39 is 0 Å². The molecule has 1 rings (SSSR count). The molecule has 1 aliphatic heterocycles. The molecule has 1 fully saturated rings. The van der Waals surface area contributed by atoms with Crippen molar-refractivity contribution in [2.75, 3.05) is 40.0 Å². The van der Waals surface area contributed by atoms with Gasteiger partial charge in [-0.15, -0.1) is 0 Å². The molecular weight excluding hydrogens is 224 g/mol. The zero-order valence-corrected chi connectivity index (χ0v) is 10.2. The molecule has 0 bridgehead atoms. The van der Waals surface area contributed by atoms with Crippen molar-refractivity contribution in [3.63, 3.8) is 0 Å². The zero-order chi connectivity index (χ0) is 12.5. The third-order valence-corrected chi connectivity index (χ3v) is 2.64. The molecule has 17 heavy (non-hydrogen) atoms. The first-order chi connectivity index (χ1) is 8.24. The van der Waals surface area contributed by atoms with Gasteiger partial charge in [0, 0.05) is 32.8 Å². The van der Waals surface area contributed by atoms with Gasteiger partial charge in [-0.3, -0.25) is 9.59 Å². The van der Waals surface area contributed by atoms with Crippen LogP contribution in [0, 0.1) is 5.92 Å². The van der Waals surface area contributed by atoms with E-state index in [9.17, 15) is 9.59 Å². The molecule has 2 amide bonds. The molecule has 1 aliphatic rings. The van der Waals surface area contributed by atoms with Crippen molar-refractivity contribution in [1.29, 1.82) is 0 Å². The summed E-state index contributed by atoms with van der Waals surface area (Å²) < 4.78 is 9.96. The first kappa shape index (κ1) is 13.9. The van der Waals surface area contributed by atoms with E-state index in [1.54, 1.807) is 7.11 Å². The summed E-state index contributed by atoms with van der Waals surface area (Å²) in [5.74, 6) is -0.270. The maximum atomic E-state index is 11.7. The van der Waals surface area contributed by atoms with Crippen molar-refractivity contribution in [2.45, 2.75) is 12.8 Å². The lowest BCUT2D eigenvalue weighted by molar-refractivity contribution is -0.130. The van der Waals surface area contributed by atoms with Crippen LogP contribution in [0.15, 0.2) is 0 Å². The lowest BCUT2D eigenvalue weighted by Gasteiger charge is -2.21. The molecular formula is C11H20N2O4. The normalized spacial score (nSPS) is 16.5. The largest absolute Gasteiger partial charge is 0.383 e. The Hall–Kier alpha value is -1.14. The van der Waals surface area contributed by atoms with E-state index in [0.717, 1.165) is 12.8 Å². The second-order valence-electron chi connectivity index (χ2n) is 3.95. The highest BCUT2D eigenvalue weighted by atomic mass is 16.5. The Balaban J connectivity index is 2.11. The lowest BCUT2D eigenvalue weighted by Crippen LogP contribution is -2.41. The van der Waals surface area contributed by atoms with Crippen LogP contribution in [0.5, 0.6) is 0 Å². The molecule has 6 heteroatoms. The highest BCUT2D eigenvalue weighted by Gasteiger charge is 2.21. The number of carbonyl (C=O) groups excluding carboxylic acids is 2. The van der Waals surface area contributed by atoms with Gasteiger partial charge in [-0.2, -0.15) is 0 Å². The van der Waals surface area contributed by atoms with Crippen LogP contribution in [0.1, 0.15) is 12.8 Å². The number of hydrogen-bond donors (Lipinski definition) is 2. The number of nitrogens with one attached hydrogen (secondary N) is 2. The summed E-state index contributed by atoms with van der Waals surface area (Å²) in [4.78, 5) is 23.0. The summed E-state index contributed by atoms with van der Waals surface area (Å²) in [5.41, 5.74) is 0. The van der Waals surface area contributed by atoms with E-state index in [4.69, 9.17) is 9.47 Å². The molecule has 0 aliphatic carbocycles. The maximum Gasteiger partial charge on any atom is 0.239 e. The fourth-order valence-electron chi connectivity index (χ4n) is 1.63. The Kier molecular flexibility index (Phi) is 6.57. The maximum absolute atomic E-state index is 11.7. The number of ether oxygens (including phenoxy) is 2. The summed E-state index contributed by atoms with van der Waals surface area (Å²) in [6.07, 6.45) is 1.47. The first-order valence-electron chi connectivity index (χ1n) is 5.85. The van der Waals surface area contributed by atoms with Crippen LogP contribution in [0.2, 0.25) is 0 Å². The SMILES string of the molecule is COCCNC(=O)CNC(=O)C1CCOCC1. The Labute approximate surface area is 101 Å². The van der Waals surface area contributed by atoms with Gasteiger partial charge >= 0.3 is 0 Å². The van der Waals surface area contributed by atoms with E-state index in [0.29, 0.717) is 26.4 Å². The van der Waals surface area contributed by atoms with Crippen LogP contribution >= 0.6 is 0 Å². The monoisotopic (exact) mass is 244 g/mol. The topological polar surface area (TPSA) is 76.7 Å². The van der Waals surface area contributed by atoms with E-state index in [1.165, 1.54) is 0 Å². The highest BCUT2D eigenvalue weighted by molar-refractivity contribution is 5.85. The van der Waals surface area contributed by atoms with E-state index in [1.807, 2.05) is 0 Å². The van der Waals surface area contributed by atoms with Crippen molar-refractivity contribution in [2.24, 2.45) is 5.92 Å². The molecule has 0 atom stereocenters. The molecule has 6 nitrogen and oxygen atoms in total. The molecule has 0 unspecified atom stereocenters. The van der Waals surface area contributed by atoms with Crippen LogP contribution in [0.4, 0.5) is 0 Å². The summed E-state index contributed by atoms with van der Waals surface area (Å²) >= 11 is 0. The van der Waals surface area contributed by atoms with Crippen molar-refractivity contribution < 1.29 is 19.1 Å². The van der Waals surface area contributed by atoms with Gasteiger partial charge < -0.3 is 20.1 Å². The van der Waals surface area contributed by atoms with Gasteiger partial charge in [-0.25, -0.2) is 0 Å². The van der Waals surface area contributed by atoms with Gasteiger partial charge in [0.15, 0.2) is 0 Å². The minimum absolute atomic E-state index is 0.0180. The van der Waals surface area contributed by atoms with Gasteiger partial charge in [-0.05, 0) is 12.8 Å². The summed E-state index contributed by atoms with van der Waals surface area (Å²) in [6, 6.07) is 0. The van der Waals surface area contributed by atoms with Gasteiger partial charge in [0.25, 0.3) is 0 Å². The highest BCUT2D eigenvalue weighted by Crippen LogP contribution is 2.14. The fraction of sp³-hybridized carbons (Fsp3) is 0.818. The number of carbonyl (C=O) groups is 2. The minimum Gasteiger partial charge on any atom is -0.383 e. The van der Waals surface area contributed by atoms with Gasteiger partial charge in [0.1, 0.15) is 0 Å². The Morgan fingerprint density at radius 2 is 2.00 bits per heavy atom. The number of amides is 2. The van der Waals surface area contributed by atoms with Gasteiger partial charge in [-0.1, -0.05) is 0 Å². The smallest absolute Gasteiger partial charge is 0.239 e. The molecule has 98 valence electrons. The van der Waals surface area contributed by atoms with E-state index in [-0.39, 0.29) is 24.3 Å². The third-order valence-electron chi connectivity index (χ3n) is 2.64. The van der Waals surface area contributed by atoms with Crippen LogP contribution in [-0.4, -0.2) is 51.8 Å². The van der Waals surface area contributed by atoms with Crippen LogP contribution in [0.25, 0.3) is 0 Å². The molecule has 0 aromatic heterocycles. The van der Waals surface area contributed by atoms with Crippen LogP contribution in [0.3, 0.4) is 0 Å². The zero-order valence-electron chi connectivity index (χ0n) is 10.2. The summed E-state index contributed by atoms with van der Waals surface area (Å²) in [6.45, 7) is 2.21. The molecule has 0 spiro atoms. The van der Waals surface area contributed by atoms with E-state index in [2.05, 4.69) is 10.6 Å². The Morgan fingerprint density at radius 3 is 2.65 bits per heavy atom. The second-order valence-corrected chi connectivity index (χ2v) is 3.95. The molecule has 0 aromatic rings. The first-order valence-corrected chi connectivity index (χ1v) is 5.85. The summed E-state index contributed by atoms with van der Waals surface area (Å²) in [7, 11) is 1.57.